The summed E-state index contributed by atoms with van der Waals surface area (Å²) in [7, 11) is 0. The Bertz CT molecular complexity index is 823. The zero-order valence-corrected chi connectivity index (χ0v) is 12.5. The molecule has 0 aliphatic heterocycles. The molecule has 3 rings (SSSR count). The number of nitrogens with zero attached hydrogens (tertiary/aromatic N) is 2. The highest BCUT2D eigenvalue weighted by molar-refractivity contribution is 5.55. The lowest BCUT2D eigenvalue weighted by Crippen LogP contribution is -2.01. The highest BCUT2D eigenvalue weighted by Crippen LogP contribution is 2.19. The number of aryl methyl sites for hydroxylation is 1. The molecule has 0 N–H and O–H groups in total. The highest BCUT2D eigenvalue weighted by Gasteiger charge is 2.07. The molecule has 3 nitrogen and oxygen atoms in total. The van der Waals surface area contributed by atoms with Crippen LogP contribution in [0.1, 0.15) is 11.3 Å². The molecule has 0 spiro atoms. The van der Waals surface area contributed by atoms with Gasteiger partial charge in [0.15, 0.2) is 17.5 Å². The molecule has 2 aromatic carbocycles. The van der Waals surface area contributed by atoms with E-state index in [9.17, 15) is 8.78 Å². The third-order valence-corrected chi connectivity index (χ3v) is 3.23. The first-order chi connectivity index (χ1) is 11.1. The lowest BCUT2D eigenvalue weighted by Gasteiger charge is -2.08. The van der Waals surface area contributed by atoms with Gasteiger partial charge in [-0.25, -0.2) is 13.8 Å². The molecule has 0 bridgehead atoms. The van der Waals surface area contributed by atoms with E-state index >= 15 is 0 Å². The second-order valence-electron chi connectivity index (χ2n) is 5.07. The fraction of sp³-hybridized carbons (Fsp3) is 0.111. The third-order valence-electron chi connectivity index (χ3n) is 3.23. The number of halogens is 2. The minimum Gasteiger partial charge on any atom is -0.473 e. The van der Waals surface area contributed by atoms with Crippen molar-refractivity contribution in [3.05, 3.63) is 77.5 Å². The van der Waals surface area contributed by atoms with Gasteiger partial charge >= 0.3 is 0 Å². The summed E-state index contributed by atoms with van der Waals surface area (Å²) in [6.45, 7) is 1.94. The summed E-state index contributed by atoms with van der Waals surface area (Å²) in [5, 5.41) is 0. The van der Waals surface area contributed by atoms with Crippen molar-refractivity contribution in [2.75, 3.05) is 0 Å². The van der Waals surface area contributed by atoms with E-state index in [2.05, 4.69) is 9.97 Å². The van der Waals surface area contributed by atoms with E-state index in [4.69, 9.17) is 4.74 Å². The Hall–Kier alpha value is -2.82. The molecular formula is C18H14F2N2O. The van der Waals surface area contributed by atoms with E-state index in [1.807, 2.05) is 37.3 Å². The van der Waals surface area contributed by atoms with Crippen molar-refractivity contribution in [1.82, 2.24) is 9.97 Å². The standard InChI is InChI=1S/C18H14F2N2O/c1-12-9-17(22-18(21-12)14-5-3-2-4-6-14)23-11-13-7-8-15(19)16(20)10-13/h2-10H,11H2,1H3. The van der Waals surface area contributed by atoms with Crippen LogP contribution >= 0.6 is 0 Å². The van der Waals surface area contributed by atoms with Crippen LogP contribution < -0.4 is 4.74 Å². The molecular weight excluding hydrogens is 298 g/mol. The van der Waals surface area contributed by atoms with Crippen LogP contribution in [0.15, 0.2) is 54.6 Å². The lowest BCUT2D eigenvalue weighted by atomic mass is 10.2. The van der Waals surface area contributed by atoms with Gasteiger partial charge in [-0.3, -0.25) is 0 Å². The molecule has 0 unspecified atom stereocenters. The van der Waals surface area contributed by atoms with Gasteiger partial charge < -0.3 is 4.74 Å². The van der Waals surface area contributed by atoms with Crippen molar-refractivity contribution in [2.45, 2.75) is 13.5 Å². The second-order valence-corrected chi connectivity index (χ2v) is 5.07. The van der Waals surface area contributed by atoms with Crippen LogP contribution in [0.4, 0.5) is 8.78 Å². The zero-order chi connectivity index (χ0) is 16.2. The molecule has 0 saturated carbocycles. The van der Waals surface area contributed by atoms with Crippen LogP contribution in [0.2, 0.25) is 0 Å². The summed E-state index contributed by atoms with van der Waals surface area (Å²) in [6.07, 6.45) is 0. The Morgan fingerprint density at radius 2 is 1.70 bits per heavy atom. The topological polar surface area (TPSA) is 35.0 Å². The summed E-state index contributed by atoms with van der Waals surface area (Å²) in [4.78, 5) is 8.74. The summed E-state index contributed by atoms with van der Waals surface area (Å²) >= 11 is 0. The summed E-state index contributed by atoms with van der Waals surface area (Å²) < 4.78 is 31.7. The molecule has 0 aliphatic carbocycles. The van der Waals surface area contributed by atoms with Crippen molar-refractivity contribution < 1.29 is 13.5 Å². The summed E-state index contributed by atoms with van der Waals surface area (Å²) in [5.41, 5.74) is 2.18. The molecule has 0 aliphatic rings. The van der Waals surface area contributed by atoms with Gasteiger partial charge in [-0.1, -0.05) is 36.4 Å². The maximum Gasteiger partial charge on any atom is 0.217 e. The number of rotatable bonds is 4. The Morgan fingerprint density at radius 3 is 2.43 bits per heavy atom. The van der Waals surface area contributed by atoms with Crippen LogP contribution in [0.5, 0.6) is 5.88 Å². The SMILES string of the molecule is Cc1cc(OCc2ccc(F)c(F)c2)nc(-c2ccccc2)n1. The zero-order valence-electron chi connectivity index (χ0n) is 12.5. The van der Waals surface area contributed by atoms with E-state index in [0.717, 1.165) is 23.4 Å². The molecule has 116 valence electrons. The Morgan fingerprint density at radius 1 is 0.913 bits per heavy atom. The van der Waals surface area contributed by atoms with Crippen molar-refractivity contribution in [3.8, 4) is 17.3 Å². The molecule has 0 radical (unpaired) electrons. The van der Waals surface area contributed by atoms with Gasteiger partial charge in [-0.2, -0.15) is 4.98 Å². The van der Waals surface area contributed by atoms with Gasteiger partial charge in [0.25, 0.3) is 0 Å². The van der Waals surface area contributed by atoms with Crippen LogP contribution in [-0.4, -0.2) is 9.97 Å². The predicted octanol–water partition coefficient (Wildman–Crippen LogP) is 4.31. The van der Waals surface area contributed by atoms with Crippen LogP contribution in [0.3, 0.4) is 0 Å². The van der Waals surface area contributed by atoms with Crippen molar-refractivity contribution in [1.29, 1.82) is 0 Å². The monoisotopic (exact) mass is 312 g/mol. The lowest BCUT2D eigenvalue weighted by molar-refractivity contribution is 0.292. The van der Waals surface area contributed by atoms with E-state index in [0.29, 0.717) is 17.3 Å². The minimum atomic E-state index is -0.894. The Labute approximate surface area is 132 Å². The molecule has 1 aromatic heterocycles. The fourth-order valence-electron chi connectivity index (χ4n) is 2.12. The average Bonchev–Trinajstić information content (AvgIpc) is 2.56. The first-order valence-corrected chi connectivity index (χ1v) is 7.09. The van der Waals surface area contributed by atoms with Crippen molar-refractivity contribution >= 4 is 0 Å². The normalized spacial score (nSPS) is 10.6. The molecule has 0 saturated heterocycles. The predicted molar refractivity (Wildman–Crippen MR) is 82.9 cm³/mol. The van der Waals surface area contributed by atoms with Gasteiger partial charge in [0.05, 0.1) is 0 Å². The number of aromatic nitrogens is 2. The van der Waals surface area contributed by atoms with E-state index in [-0.39, 0.29) is 6.61 Å². The first-order valence-electron chi connectivity index (χ1n) is 7.09. The fourth-order valence-corrected chi connectivity index (χ4v) is 2.12. The molecule has 0 fully saturated rings. The third kappa shape index (κ3) is 3.69. The van der Waals surface area contributed by atoms with E-state index in [1.54, 1.807) is 6.07 Å². The molecule has 23 heavy (non-hydrogen) atoms. The van der Waals surface area contributed by atoms with Gasteiger partial charge in [-0.05, 0) is 24.6 Å². The molecule has 1 heterocycles. The van der Waals surface area contributed by atoms with Crippen molar-refractivity contribution in [3.63, 3.8) is 0 Å². The van der Waals surface area contributed by atoms with Crippen LogP contribution in [-0.2, 0) is 6.61 Å². The summed E-state index contributed by atoms with van der Waals surface area (Å²) in [5.74, 6) is -0.820. The molecule has 0 atom stereocenters. The molecule has 3 aromatic rings. The van der Waals surface area contributed by atoms with E-state index < -0.39 is 11.6 Å². The van der Waals surface area contributed by atoms with Crippen LogP contribution in [0.25, 0.3) is 11.4 Å². The Balaban J connectivity index is 1.80. The minimum absolute atomic E-state index is 0.0991. The van der Waals surface area contributed by atoms with Gasteiger partial charge in [0.2, 0.25) is 5.88 Å². The molecule has 5 heteroatoms. The maximum atomic E-state index is 13.2. The van der Waals surface area contributed by atoms with Gasteiger partial charge in [0, 0.05) is 17.3 Å². The number of hydrogen-bond acceptors (Lipinski definition) is 3. The number of benzene rings is 2. The van der Waals surface area contributed by atoms with Gasteiger partial charge in [-0.15, -0.1) is 0 Å². The van der Waals surface area contributed by atoms with Crippen molar-refractivity contribution in [2.24, 2.45) is 0 Å². The smallest absolute Gasteiger partial charge is 0.217 e. The maximum absolute atomic E-state index is 13.2. The molecule has 0 amide bonds. The highest BCUT2D eigenvalue weighted by atomic mass is 19.2. The second kappa shape index (κ2) is 6.52. The quantitative estimate of drug-likeness (QED) is 0.720. The number of hydrogen-bond donors (Lipinski definition) is 0. The first kappa shape index (κ1) is 15.1. The average molecular weight is 312 g/mol. The Kier molecular flexibility index (Phi) is 4.28. The number of ether oxygens (including phenoxy) is 1. The van der Waals surface area contributed by atoms with Crippen LogP contribution in [0, 0.1) is 18.6 Å². The van der Waals surface area contributed by atoms with Gasteiger partial charge in [0.1, 0.15) is 6.61 Å². The summed E-state index contributed by atoms with van der Waals surface area (Å²) in [6, 6.07) is 14.9. The van der Waals surface area contributed by atoms with E-state index in [1.165, 1.54) is 6.07 Å². The largest absolute Gasteiger partial charge is 0.473 e.